The first-order valence-electron chi connectivity index (χ1n) is 9.07. The number of aromatic nitrogens is 2. The van der Waals surface area contributed by atoms with E-state index in [0.717, 1.165) is 24.1 Å². The molecule has 1 heterocycles. The number of carbonyl (C=O) groups is 1. The number of nitrogens with zero attached hydrogens (tertiary/aromatic N) is 2. The second kappa shape index (κ2) is 7.40. The molecule has 0 bridgehead atoms. The molecule has 1 aliphatic carbocycles. The van der Waals surface area contributed by atoms with E-state index in [-0.39, 0.29) is 18.0 Å². The minimum atomic E-state index is -0.629. The largest absolute Gasteiger partial charge is 0.391 e. The van der Waals surface area contributed by atoms with Crippen LogP contribution in [0.15, 0.2) is 36.5 Å². The SMILES string of the molecule is CC(NC(=O)c1cnn(C(C)C)c1C1CC1)C(O)Cc1ccccc1. The maximum Gasteiger partial charge on any atom is 0.255 e. The fraction of sp³-hybridized carbons (Fsp3) is 0.500. The maximum absolute atomic E-state index is 12.7. The van der Waals surface area contributed by atoms with Crippen molar-refractivity contribution in [1.29, 1.82) is 0 Å². The number of hydrogen-bond acceptors (Lipinski definition) is 3. The Morgan fingerprint density at radius 3 is 2.56 bits per heavy atom. The van der Waals surface area contributed by atoms with Crippen LogP contribution in [0.5, 0.6) is 0 Å². The molecule has 2 unspecified atom stereocenters. The third-order valence-corrected chi connectivity index (χ3v) is 4.76. The molecule has 25 heavy (non-hydrogen) atoms. The number of benzene rings is 1. The summed E-state index contributed by atoms with van der Waals surface area (Å²) < 4.78 is 1.96. The average Bonchev–Trinajstić information content (AvgIpc) is 3.32. The predicted molar refractivity (Wildman–Crippen MR) is 97.7 cm³/mol. The Kier molecular flexibility index (Phi) is 5.23. The first-order chi connectivity index (χ1) is 12.0. The highest BCUT2D eigenvalue weighted by atomic mass is 16.3. The predicted octanol–water partition coefficient (Wildman–Crippen LogP) is 3.06. The van der Waals surface area contributed by atoms with E-state index in [1.165, 1.54) is 0 Å². The summed E-state index contributed by atoms with van der Waals surface area (Å²) >= 11 is 0. The zero-order valence-electron chi connectivity index (χ0n) is 15.1. The Morgan fingerprint density at radius 2 is 1.96 bits per heavy atom. The molecule has 2 aromatic rings. The molecule has 3 rings (SSSR count). The van der Waals surface area contributed by atoms with Gasteiger partial charge < -0.3 is 10.4 Å². The molecule has 1 aromatic carbocycles. The molecule has 1 amide bonds. The Hall–Kier alpha value is -2.14. The summed E-state index contributed by atoms with van der Waals surface area (Å²) in [7, 11) is 0. The van der Waals surface area contributed by atoms with Crippen LogP contribution in [0.4, 0.5) is 0 Å². The first-order valence-corrected chi connectivity index (χ1v) is 9.07. The molecular weight excluding hydrogens is 314 g/mol. The summed E-state index contributed by atoms with van der Waals surface area (Å²) in [5.74, 6) is 0.295. The summed E-state index contributed by atoms with van der Waals surface area (Å²) in [4.78, 5) is 12.7. The van der Waals surface area contributed by atoms with Gasteiger partial charge in [0.25, 0.3) is 5.91 Å². The van der Waals surface area contributed by atoms with Gasteiger partial charge in [-0.05, 0) is 39.2 Å². The van der Waals surface area contributed by atoms with Crippen LogP contribution in [0.25, 0.3) is 0 Å². The zero-order chi connectivity index (χ0) is 18.0. The van der Waals surface area contributed by atoms with Crippen LogP contribution in [0.2, 0.25) is 0 Å². The molecule has 0 saturated heterocycles. The van der Waals surface area contributed by atoms with Crippen molar-refractivity contribution in [2.75, 3.05) is 0 Å². The lowest BCUT2D eigenvalue weighted by Gasteiger charge is -2.20. The average molecular weight is 341 g/mol. The second-order valence-corrected chi connectivity index (χ2v) is 7.28. The van der Waals surface area contributed by atoms with Crippen molar-refractivity contribution in [3.05, 3.63) is 53.3 Å². The van der Waals surface area contributed by atoms with Crippen molar-refractivity contribution in [3.8, 4) is 0 Å². The Labute approximate surface area is 149 Å². The van der Waals surface area contributed by atoms with Gasteiger partial charge in [-0.2, -0.15) is 5.10 Å². The third kappa shape index (κ3) is 4.10. The number of aliphatic hydroxyl groups is 1. The van der Waals surface area contributed by atoms with E-state index in [0.29, 0.717) is 17.9 Å². The van der Waals surface area contributed by atoms with Gasteiger partial charge in [-0.15, -0.1) is 0 Å². The fourth-order valence-electron chi connectivity index (χ4n) is 3.13. The van der Waals surface area contributed by atoms with Crippen molar-refractivity contribution >= 4 is 5.91 Å². The number of nitrogens with one attached hydrogen (secondary N) is 1. The second-order valence-electron chi connectivity index (χ2n) is 7.28. The van der Waals surface area contributed by atoms with Crippen molar-refractivity contribution in [2.45, 2.75) is 64.1 Å². The Morgan fingerprint density at radius 1 is 1.28 bits per heavy atom. The van der Waals surface area contributed by atoms with Crippen molar-refractivity contribution in [3.63, 3.8) is 0 Å². The van der Waals surface area contributed by atoms with E-state index in [1.807, 2.05) is 41.9 Å². The summed E-state index contributed by atoms with van der Waals surface area (Å²) in [5.41, 5.74) is 2.75. The van der Waals surface area contributed by atoms with E-state index in [4.69, 9.17) is 0 Å². The molecule has 1 saturated carbocycles. The van der Waals surface area contributed by atoms with Crippen molar-refractivity contribution in [1.82, 2.24) is 15.1 Å². The standard InChI is InChI=1S/C20H27N3O2/c1-13(2)23-19(16-9-10-16)17(12-21-23)20(25)22-14(3)18(24)11-15-7-5-4-6-8-15/h4-8,12-14,16,18,24H,9-11H2,1-3H3,(H,22,25). The van der Waals surface area contributed by atoms with Crippen LogP contribution >= 0.6 is 0 Å². The lowest BCUT2D eigenvalue weighted by Crippen LogP contribution is -2.42. The number of amides is 1. The number of rotatable bonds is 7. The fourth-order valence-corrected chi connectivity index (χ4v) is 3.13. The summed E-state index contributed by atoms with van der Waals surface area (Å²) in [6.07, 6.45) is 3.79. The molecule has 2 N–H and O–H groups in total. The number of carbonyl (C=O) groups excluding carboxylic acids is 1. The van der Waals surface area contributed by atoms with Gasteiger partial charge in [-0.1, -0.05) is 30.3 Å². The van der Waals surface area contributed by atoms with Gasteiger partial charge in [0.15, 0.2) is 0 Å². The molecule has 134 valence electrons. The van der Waals surface area contributed by atoms with Gasteiger partial charge in [0.05, 0.1) is 29.6 Å². The summed E-state index contributed by atoms with van der Waals surface area (Å²) in [6, 6.07) is 9.72. The molecule has 2 atom stereocenters. The highest BCUT2D eigenvalue weighted by molar-refractivity contribution is 5.95. The van der Waals surface area contributed by atoms with Gasteiger partial charge in [0.1, 0.15) is 0 Å². The van der Waals surface area contributed by atoms with Gasteiger partial charge in [0, 0.05) is 18.4 Å². The molecule has 0 aliphatic heterocycles. The quantitative estimate of drug-likeness (QED) is 0.813. The van der Waals surface area contributed by atoms with Gasteiger partial charge in [-0.25, -0.2) is 0 Å². The van der Waals surface area contributed by atoms with Crippen LogP contribution < -0.4 is 5.32 Å². The minimum absolute atomic E-state index is 0.145. The lowest BCUT2D eigenvalue weighted by atomic mass is 10.0. The molecule has 1 fully saturated rings. The van der Waals surface area contributed by atoms with Crippen LogP contribution in [0, 0.1) is 0 Å². The monoisotopic (exact) mass is 341 g/mol. The molecular formula is C20H27N3O2. The van der Waals surface area contributed by atoms with Crippen LogP contribution in [-0.2, 0) is 6.42 Å². The van der Waals surface area contributed by atoms with Crippen molar-refractivity contribution in [2.24, 2.45) is 0 Å². The van der Waals surface area contributed by atoms with Gasteiger partial charge in [-0.3, -0.25) is 9.48 Å². The smallest absolute Gasteiger partial charge is 0.255 e. The third-order valence-electron chi connectivity index (χ3n) is 4.76. The Balaban J connectivity index is 1.67. The topological polar surface area (TPSA) is 67.2 Å². The van der Waals surface area contributed by atoms with E-state index < -0.39 is 6.10 Å². The molecule has 0 radical (unpaired) electrons. The van der Waals surface area contributed by atoms with Gasteiger partial charge in [0.2, 0.25) is 0 Å². The highest BCUT2D eigenvalue weighted by Gasteiger charge is 2.33. The normalized spacial score (nSPS) is 16.7. The lowest BCUT2D eigenvalue weighted by molar-refractivity contribution is 0.0850. The van der Waals surface area contributed by atoms with E-state index >= 15 is 0 Å². The first kappa shape index (κ1) is 17.7. The summed E-state index contributed by atoms with van der Waals surface area (Å²) in [6.45, 7) is 5.99. The molecule has 1 aliphatic rings. The van der Waals surface area contributed by atoms with Crippen LogP contribution in [0.1, 0.15) is 67.2 Å². The molecule has 1 aromatic heterocycles. The highest BCUT2D eigenvalue weighted by Crippen LogP contribution is 2.42. The van der Waals surface area contributed by atoms with Crippen LogP contribution in [0.3, 0.4) is 0 Å². The molecule has 0 spiro atoms. The van der Waals surface area contributed by atoms with Gasteiger partial charge >= 0.3 is 0 Å². The van der Waals surface area contributed by atoms with E-state index in [9.17, 15) is 9.90 Å². The maximum atomic E-state index is 12.7. The minimum Gasteiger partial charge on any atom is -0.391 e. The van der Waals surface area contributed by atoms with Crippen LogP contribution in [-0.4, -0.2) is 32.9 Å². The Bertz CT molecular complexity index is 720. The number of aliphatic hydroxyl groups excluding tert-OH is 1. The zero-order valence-corrected chi connectivity index (χ0v) is 15.1. The molecule has 5 nitrogen and oxygen atoms in total. The van der Waals surface area contributed by atoms with E-state index in [1.54, 1.807) is 6.20 Å². The van der Waals surface area contributed by atoms with Crippen molar-refractivity contribution < 1.29 is 9.90 Å². The molecule has 5 heteroatoms. The summed E-state index contributed by atoms with van der Waals surface area (Å²) in [5, 5.41) is 17.8. The van der Waals surface area contributed by atoms with E-state index in [2.05, 4.69) is 24.3 Å². The number of hydrogen-bond donors (Lipinski definition) is 2.